The molecule has 132 valence electrons. The minimum atomic E-state index is -4.47. The number of aliphatic carboxylic acids is 1. The zero-order valence-corrected chi connectivity index (χ0v) is 13.0. The van der Waals surface area contributed by atoms with Crippen LogP contribution in [0.5, 0.6) is 5.75 Å². The molecule has 1 fully saturated rings. The van der Waals surface area contributed by atoms with Crippen molar-refractivity contribution in [1.82, 2.24) is 4.90 Å². The van der Waals surface area contributed by atoms with Crippen LogP contribution in [0.25, 0.3) is 0 Å². The summed E-state index contributed by atoms with van der Waals surface area (Å²) in [6, 6.07) is 4.32. The van der Waals surface area contributed by atoms with E-state index in [0.717, 1.165) is 12.1 Å². The van der Waals surface area contributed by atoms with Gasteiger partial charge in [0.15, 0.2) is 6.61 Å². The van der Waals surface area contributed by atoms with Gasteiger partial charge in [-0.1, -0.05) is 13.0 Å². The van der Waals surface area contributed by atoms with Crippen LogP contribution in [0.3, 0.4) is 0 Å². The average Bonchev–Trinajstić information content (AvgIpc) is 2.51. The van der Waals surface area contributed by atoms with E-state index < -0.39 is 23.6 Å². The third-order valence-electron chi connectivity index (χ3n) is 4.10. The summed E-state index contributed by atoms with van der Waals surface area (Å²) >= 11 is 0. The number of hydrogen-bond acceptors (Lipinski definition) is 3. The van der Waals surface area contributed by atoms with Crippen molar-refractivity contribution in [2.75, 3.05) is 19.7 Å². The minimum absolute atomic E-state index is 0.0355. The largest absolute Gasteiger partial charge is 0.484 e. The Morgan fingerprint density at radius 2 is 2.08 bits per heavy atom. The van der Waals surface area contributed by atoms with Gasteiger partial charge in [-0.15, -0.1) is 0 Å². The van der Waals surface area contributed by atoms with Gasteiger partial charge in [0.2, 0.25) is 0 Å². The van der Waals surface area contributed by atoms with E-state index in [9.17, 15) is 22.8 Å². The van der Waals surface area contributed by atoms with E-state index in [1.165, 1.54) is 17.0 Å². The van der Waals surface area contributed by atoms with Gasteiger partial charge < -0.3 is 14.7 Å². The lowest BCUT2D eigenvalue weighted by molar-refractivity contribution is -0.148. The Balaban J connectivity index is 1.91. The molecule has 24 heavy (non-hydrogen) atoms. The highest BCUT2D eigenvalue weighted by molar-refractivity contribution is 5.78. The summed E-state index contributed by atoms with van der Waals surface area (Å²) in [6.07, 6.45) is -4.12. The number of carboxylic acids is 1. The fourth-order valence-corrected chi connectivity index (χ4v) is 2.74. The van der Waals surface area contributed by atoms with E-state index in [1.807, 2.05) is 0 Å². The summed E-state index contributed by atoms with van der Waals surface area (Å²) in [4.78, 5) is 24.6. The zero-order valence-electron chi connectivity index (χ0n) is 13.0. The molecule has 1 aromatic carbocycles. The molecular weight excluding hydrogens is 327 g/mol. The molecule has 1 amide bonds. The number of carboxylic acid groups (broad SMARTS) is 1. The van der Waals surface area contributed by atoms with Crippen molar-refractivity contribution < 1.29 is 32.6 Å². The molecule has 1 aliphatic rings. The molecule has 0 radical (unpaired) electrons. The minimum Gasteiger partial charge on any atom is -0.484 e. The molecule has 2 atom stereocenters. The van der Waals surface area contributed by atoms with Gasteiger partial charge in [-0.05, 0) is 30.5 Å². The van der Waals surface area contributed by atoms with Crippen molar-refractivity contribution >= 4 is 11.9 Å². The van der Waals surface area contributed by atoms with E-state index in [4.69, 9.17) is 9.84 Å². The molecule has 2 rings (SSSR count). The van der Waals surface area contributed by atoms with Crippen LogP contribution < -0.4 is 4.74 Å². The highest BCUT2D eigenvalue weighted by Crippen LogP contribution is 2.31. The van der Waals surface area contributed by atoms with Crippen LogP contribution in [0.4, 0.5) is 13.2 Å². The summed E-state index contributed by atoms with van der Waals surface area (Å²) in [5.74, 6) is -1.96. The smallest absolute Gasteiger partial charge is 0.416 e. The second-order valence-corrected chi connectivity index (χ2v) is 5.86. The SMILES string of the molecule is CC1CN(C(=O)COc2cccc(C(F)(F)F)c2)CCC1C(=O)O. The molecule has 5 nitrogen and oxygen atoms in total. The van der Waals surface area contributed by atoms with Crippen molar-refractivity contribution in [3.8, 4) is 5.75 Å². The number of carbonyl (C=O) groups is 2. The molecular formula is C16H18F3NO4. The van der Waals surface area contributed by atoms with E-state index in [2.05, 4.69) is 0 Å². The molecule has 1 aliphatic heterocycles. The predicted molar refractivity (Wildman–Crippen MR) is 78.4 cm³/mol. The number of benzene rings is 1. The lowest BCUT2D eigenvalue weighted by Gasteiger charge is -2.34. The summed E-state index contributed by atoms with van der Waals surface area (Å²) in [5, 5.41) is 9.06. The van der Waals surface area contributed by atoms with Crippen molar-refractivity contribution in [1.29, 1.82) is 0 Å². The van der Waals surface area contributed by atoms with Gasteiger partial charge in [0, 0.05) is 13.1 Å². The third-order valence-corrected chi connectivity index (χ3v) is 4.10. The summed E-state index contributed by atoms with van der Waals surface area (Å²) in [5.41, 5.74) is -0.844. The number of hydrogen-bond donors (Lipinski definition) is 1. The number of ether oxygens (including phenoxy) is 1. The fourth-order valence-electron chi connectivity index (χ4n) is 2.74. The first-order valence-electron chi connectivity index (χ1n) is 7.49. The summed E-state index contributed by atoms with van der Waals surface area (Å²) in [7, 11) is 0. The van der Waals surface area contributed by atoms with E-state index >= 15 is 0 Å². The molecule has 0 aliphatic carbocycles. The topological polar surface area (TPSA) is 66.8 Å². The summed E-state index contributed by atoms with van der Waals surface area (Å²) in [6.45, 7) is 1.96. The molecule has 0 bridgehead atoms. The van der Waals surface area contributed by atoms with E-state index in [0.29, 0.717) is 19.5 Å². The van der Waals surface area contributed by atoms with Crippen LogP contribution in [0, 0.1) is 11.8 Å². The number of piperidine rings is 1. The number of rotatable bonds is 4. The zero-order chi connectivity index (χ0) is 17.9. The van der Waals surface area contributed by atoms with Gasteiger partial charge in [0.1, 0.15) is 5.75 Å². The average molecular weight is 345 g/mol. The Labute approximate surface area is 137 Å². The number of nitrogens with zero attached hydrogens (tertiary/aromatic N) is 1. The van der Waals surface area contributed by atoms with Crippen molar-refractivity contribution in [2.24, 2.45) is 11.8 Å². The highest BCUT2D eigenvalue weighted by Gasteiger charge is 2.33. The summed E-state index contributed by atoms with van der Waals surface area (Å²) < 4.78 is 43.0. The lowest BCUT2D eigenvalue weighted by Crippen LogP contribution is -2.46. The number of likely N-dealkylation sites (tertiary alicyclic amines) is 1. The van der Waals surface area contributed by atoms with Crippen LogP contribution in [0.1, 0.15) is 18.9 Å². The number of amides is 1. The Morgan fingerprint density at radius 1 is 1.38 bits per heavy atom. The van der Waals surface area contributed by atoms with E-state index in [-0.39, 0.29) is 24.2 Å². The monoisotopic (exact) mass is 345 g/mol. The quantitative estimate of drug-likeness (QED) is 0.911. The molecule has 0 spiro atoms. The normalized spacial score (nSPS) is 21.4. The Hall–Kier alpha value is -2.25. The molecule has 1 N–H and O–H groups in total. The highest BCUT2D eigenvalue weighted by atomic mass is 19.4. The first-order chi connectivity index (χ1) is 11.2. The van der Waals surface area contributed by atoms with Gasteiger partial charge in [-0.3, -0.25) is 9.59 Å². The predicted octanol–water partition coefficient (Wildman–Crippen LogP) is 2.65. The standard InChI is InChI=1S/C16H18F3NO4/c1-10-8-20(6-5-13(10)15(22)23)14(21)9-24-12-4-2-3-11(7-12)16(17,18)19/h2-4,7,10,13H,5-6,8-9H2,1H3,(H,22,23). The van der Waals surface area contributed by atoms with Crippen LogP contribution in [0.15, 0.2) is 24.3 Å². The van der Waals surface area contributed by atoms with Crippen molar-refractivity contribution in [2.45, 2.75) is 19.5 Å². The van der Waals surface area contributed by atoms with Crippen molar-refractivity contribution in [3.63, 3.8) is 0 Å². The van der Waals surface area contributed by atoms with Gasteiger partial charge >= 0.3 is 12.1 Å². The van der Waals surface area contributed by atoms with Gasteiger partial charge in [0.05, 0.1) is 11.5 Å². The maximum atomic E-state index is 12.6. The van der Waals surface area contributed by atoms with Gasteiger partial charge in [0.25, 0.3) is 5.91 Å². The van der Waals surface area contributed by atoms with Crippen LogP contribution in [-0.4, -0.2) is 41.6 Å². The number of carbonyl (C=O) groups excluding carboxylic acids is 1. The second kappa shape index (κ2) is 7.11. The number of halogens is 3. The molecule has 1 aromatic rings. The maximum absolute atomic E-state index is 12.6. The number of alkyl halides is 3. The van der Waals surface area contributed by atoms with Gasteiger partial charge in [-0.2, -0.15) is 13.2 Å². The second-order valence-electron chi connectivity index (χ2n) is 5.86. The Bertz CT molecular complexity index is 618. The Morgan fingerprint density at radius 3 is 2.67 bits per heavy atom. The van der Waals surface area contributed by atoms with Crippen molar-refractivity contribution in [3.05, 3.63) is 29.8 Å². The molecule has 0 saturated carbocycles. The maximum Gasteiger partial charge on any atom is 0.416 e. The van der Waals surface area contributed by atoms with E-state index in [1.54, 1.807) is 6.92 Å². The van der Waals surface area contributed by atoms with Crippen LogP contribution >= 0.6 is 0 Å². The van der Waals surface area contributed by atoms with Crippen LogP contribution in [-0.2, 0) is 15.8 Å². The lowest BCUT2D eigenvalue weighted by atomic mass is 9.87. The Kier molecular flexibility index (Phi) is 5.36. The molecule has 1 heterocycles. The third kappa shape index (κ3) is 4.39. The van der Waals surface area contributed by atoms with Gasteiger partial charge in [-0.25, -0.2) is 0 Å². The molecule has 1 saturated heterocycles. The molecule has 2 unspecified atom stereocenters. The van der Waals surface area contributed by atoms with Crippen LogP contribution in [0.2, 0.25) is 0 Å². The first-order valence-corrected chi connectivity index (χ1v) is 7.49. The first kappa shape index (κ1) is 18.1. The molecule has 0 aromatic heterocycles. The molecule has 8 heteroatoms. The fraction of sp³-hybridized carbons (Fsp3) is 0.500.